The maximum absolute atomic E-state index is 12.9. The zero-order chi connectivity index (χ0) is 16.6. The molecule has 0 radical (unpaired) electrons. The molecule has 1 aliphatic rings. The van der Waals surface area contributed by atoms with E-state index in [0.717, 1.165) is 4.68 Å². The highest BCUT2D eigenvalue weighted by Crippen LogP contribution is 2.15. The summed E-state index contributed by atoms with van der Waals surface area (Å²) in [5.41, 5.74) is -0.277. The smallest absolute Gasteiger partial charge is 0.288 e. The number of alkyl halides is 2. The van der Waals surface area contributed by atoms with Crippen LogP contribution < -0.4 is 10.1 Å². The summed E-state index contributed by atoms with van der Waals surface area (Å²) in [6.07, 6.45) is 2.61. The number of methoxy groups -OCH3 is 1. The molecule has 0 spiro atoms. The third-order valence-electron chi connectivity index (χ3n) is 3.06. The number of hydrogen-bond donors (Lipinski definition) is 1. The first-order chi connectivity index (χ1) is 11.0. The summed E-state index contributed by atoms with van der Waals surface area (Å²) in [5.74, 6) is -0.168. The van der Waals surface area contributed by atoms with E-state index in [1.165, 1.54) is 36.4 Å². The molecule has 0 unspecified atom stereocenters. The van der Waals surface area contributed by atoms with Crippen LogP contribution in [-0.4, -0.2) is 51.2 Å². The third kappa shape index (κ3) is 2.65. The molecule has 1 amide bonds. The van der Waals surface area contributed by atoms with Crippen molar-refractivity contribution in [1.29, 1.82) is 0 Å². The van der Waals surface area contributed by atoms with E-state index in [2.05, 4.69) is 27.2 Å². The summed E-state index contributed by atoms with van der Waals surface area (Å²) in [6.45, 7) is 3.40. The average Bonchev–Trinajstić information content (AvgIpc) is 3.09. The molecule has 3 heterocycles. The van der Waals surface area contributed by atoms with Crippen LogP contribution in [0.2, 0.25) is 0 Å². The van der Waals surface area contributed by atoms with Gasteiger partial charge in [0.05, 0.1) is 25.7 Å². The summed E-state index contributed by atoms with van der Waals surface area (Å²) in [4.78, 5) is 16.4. The Balaban J connectivity index is 1.89. The monoisotopic (exact) mass is 321 g/mol. The van der Waals surface area contributed by atoms with Gasteiger partial charge in [-0.2, -0.15) is 5.10 Å². The number of hydrogen-bond acceptors (Lipinski definition) is 5. The third-order valence-corrected chi connectivity index (χ3v) is 3.06. The predicted octanol–water partition coefficient (Wildman–Crippen LogP) is 0.657. The molecule has 0 fully saturated rings. The Morgan fingerprint density at radius 2 is 2.26 bits per heavy atom. The number of halogens is 2. The van der Waals surface area contributed by atoms with Gasteiger partial charge >= 0.3 is 0 Å². The van der Waals surface area contributed by atoms with Crippen molar-refractivity contribution in [2.75, 3.05) is 7.11 Å². The number of nitrogens with zero attached hydrogens (tertiary/aromatic N) is 5. The van der Waals surface area contributed by atoms with Crippen molar-refractivity contribution in [3.05, 3.63) is 36.1 Å². The summed E-state index contributed by atoms with van der Waals surface area (Å²) < 4.78 is 33.1. The molecule has 0 aromatic carbocycles. The minimum atomic E-state index is -2.83. The second-order valence-electron chi connectivity index (χ2n) is 4.54. The molecule has 2 aromatic heterocycles. The minimum absolute atomic E-state index is 0.118. The molecule has 23 heavy (non-hydrogen) atoms. The van der Waals surface area contributed by atoms with Gasteiger partial charge in [-0.3, -0.25) is 4.79 Å². The molecule has 10 heteroatoms. The minimum Gasteiger partial charge on any atom is -0.494 e. The van der Waals surface area contributed by atoms with Gasteiger partial charge in [0.2, 0.25) is 11.9 Å². The molecular weight excluding hydrogens is 310 g/mol. The Morgan fingerprint density at radius 1 is 1.48 bits per heavy atom. The van der Waals surface area contributed by atoms with Gasteiger partial charge in [-0.15, -0.1) is 0 Å². The maximum Gasteiger partial charge on any atom is 0.288 e. The fraction of sp³-hybridized carbons (Fsp3) is 0.154. The van der Waals surface area contributed by atoms with Crippen LogP contribution in [0.5, 0.6) is 5.75 Å². The van der Waals surface area contributed by atoms with Crippen molar-refractivity contribution in [2.45, 2.75) is 6.43 Å². The molecule has 0 atom stereocenters. The van der Waals surface area contributed by atoms with Crippen molar-refractivity contribution in [1.82, 2.24) is 19.9 Å². The van der Waals surface area contributed by atoms with Gasteiger partial charge in [0.15, 0.2) is 18.1 Å². The van der Waals surface area contributed by atoms with Gasteiger partial charge in [-0.05, 0) is 0 Å². The number of carbonyl (C=O) groups excluding carboxylic acids is 1. The highest BCUT2D eigenvalue weighted by molar-refractivity contribution is 6.09. The summed E-state index contributed by atoms with van der Waals surface area (Å²) >= 11 is 0. The summed E-state index contributed by atoms with van der Waals surface area (Å²) in [6, 6.07) is 0. The Bertz CT molecular complexity index is 870. The van der Waals surface area contributed by atoms with Crippen LogP contribution in [0.3, 0.4) is 0 Å². The number of carbonyl (C=O) groups is 1. The SMILES string of the molecule is C=[N+]1C=C(NC(=O)c2cnn3cc(OC)cnc23)C(C(F)F)=N1. The van der Waals surface area contributed by atoms with Gasteiger partial charge in [-0.25, -0.2) is 18.3 Å². The number of amides is 1. The van der Waals surface area contributed by atoms with Crippen LogP contribution in [0.25, 0.3) is 5.65 Å². The average molecular weight is 321 g/mol. The van der Waals surface area contributed by atoms with E-state index in [1.54, 1.807) is 0 Å². The lowest BCUT2D eigenvalue weighted by Gasteiger charge is -2.04. The highest BCUT2D eigenvalue weighted by atomic mass is 19.3. The standard InChI is InChI=1S/C13H10F2N6O2/c1-20-6-9(10(19-20)11(14)15)18-13(22)8-4-17-21-5-7(23-2)3-16-12(8)21/h3-6,11H,1H2,2H3/p+1. The van der Waals surface area contributed by atoms with Gasteiger partial charge in [0, 0.05) is 5.10 Å². The number of aromatic nitrogens is 3. The molecule has 1 N–H and O–H groups in total. The van der Waals surface area contributed by atoms with E-state index >= 15 is 0 Å². The fourth-order valence-corrected chi connectivity index (χ4v) is 2.01. The van der Waals surface area contributed by atoms with Crippen LogP contribution in [0.15, 0.2) is 35.6 Å². The van der Waals surface area contributed by atoms with Gasteiger partial charge in [0.1, 0.15) is 11.3 Å². The fourth-order valence-electron chi connectivity index (χ4n) is 2.01. The van der Waals surface area contributed by atoms with Crippen molar-refractivity contribution in [3.8, 4) is 5.75 Å². The van der Waals surface area contributed by atoms with Gasteiger partial charge < -0.3 is 10.1 Å². The number of allylic oxidation sites excluding steroid dienone is 1. The van der Waals surface area contributed by atoms with Crippen molar-refractivity contribution in [3.63, 3.8) is 0 Å². The van der Waals surface area contributed by atoms with Crippen molar-refractivity contribution < 1.29 is 23.0 Å². The second-order valence-corrected chi connectivity index (χ2v) is 4.54. The number of nitrogens with one attached hydrogen (secondary N) is 1. The number of hydrazone groups is 1. The first-order valence-electron chi connectivity index (χ1n) is 6.37. The van der Waals surface area contributed by atoms with E-state index in [4.69, 9.17) is 4.74 Å². The zero-order valence-electron chi connectivity index (χ0n) is 11.9. The van der Waals surface area contributed by atoms with Crippen LogP contribution >= 0.6 is 0 Å². The molecule has 0 saturated heterocycles. The maximum atomic E-state index is 12.9. The van der Waals surface area contributed by atoms with Crippen molar-refractivity contribution in [2.24, 2.45) is 5.10 Å². The molecule has 0 saturated carbocycles. The van der Waals surface area contributed by atoms with E-state index in [9.17, 15) is 13.6 Å². The Morgan fingerprint density at radius 3 is 2.96 bits per heavy atom. The van der Waals surface area contributed by atoms with Gasteiger partial charge in [-0.1, -0.05) is 4.68 Å². The van der Waals surface area contributed by atoms with E-state index in [-0.39, 0.29) is 16.9 Å². The lowest BCUT2D eigenvalue weighted by atomic mass is 10.2. The lowest BCUT2D eigenvalue weighted by Crippen LogP contribution is -2.29. The zero-order valence-corrected chi connectivity index (χ0v) is 11.9. The van der Waals surface area contributed by atoms with E-state index in [1.807, 2.05) is 0 Å². The second kappa shape index (κ2) is 5.55. The predicted molar refractivity (Wildman–Crippen MR) is 75.9 cm³/mol. The Kier molecular flexibility index (Phi) is 3.56. The molecule has 2 aromatic rings. The van der Waals surface area contributed by atoms with E-state index < -0.39 is 18.0 Å². The van der Waals surface area contributed by atoms with Crippen LogP contribution in [0, 0.1) is 0 Å². The normalized spacial score (nSPS) is 14.2. The summed E-state index contributed by atoms with van der Waals surface area (Å²) in [7, 11) is 1.47. The molecule has 1 aliphatic heterocycles. The lowest BCUT2D eigenvalue weighted by molar-refractivity contribution is -0.449. The molecule has 8 nitrogen and oxygen atoms in total. The van der Waals surface area contributed by atoms with Crippen LogP contribution in [-0.2, 0) is 0 Å². The molecule has 0 bridgehead atoms. The van der Waals surface area contributed by atoms with Gasteiger partial charge in [0.25, 0.3) is 12.3 Å². The molecule has 3 rings (SSSR count). The first-order valence-corrected chi connectivity index (χ1v) is 6.37. The molecule has 118 valence electrons. The van der Waals surface area contributed by atoms with E-state index in [0.29, 0.717) is 5.75 Å². The summed E-state index contributed by atoms with van der Waals surface area (Å²) in [5, 5.41) is 9.87. The number of rotatable bonds is 4. The topological polar surface area (TPSA) is 83.9 Å². The van der Waals surface area contributed by atoms with Crippen LogP contribution in [0.1, 0.15) is 10.4 Å². The Hall–Kier alpha value is -3.17. The molecular formula is C13H11F2N6O2+. The quantitative estimate of drug-likeness (QED) is 0.839. The number of ether oxygens (including phenoxy) is 1. The Labute approximate surface area is 128 Å². The highest BCUT2D eigenvalue weighted by Gasteiger charge is 2.31. The molecule has 0 aliphatic carbocycles. The largest absolute Gasteiger partial charge is 0.494 e. The number of fused-ring (bicyclic) bond motifs is 1. The van der Waals surface area contributed by atoms with Crippen molar-refractivity contribution >= 4 is 24.0 Å². The first kappa shape index (κ1) is 14.8. The van der Waals surface area contributed by atoms with Crippen LogP contribution in [0.4, 0.5) is 8.78 Å².